The molecule has 0 saturated heterocycles. The third-order valence-corrected chi connectivity index (χ3v) is 3.01. The summed E-state index contributed by atoms with van der Waals surface area (Å²) in [6, 6.07) is 9.61. The molecular weight excluding hydrogens is 149 g/mol. The van der Waals surface area contributed by atoms with E-state index in [1.54, 1.807) is 0 Å². The summed E-state index contributed by atoms with van der Waals surface area (Å²) in [5, 5.41) is 1.02. The molecule has 0 fully saturated rings. The molecular formula is C7H12LiNOSi. The molecule has 1 aromatic rings. The summed E-state index contributed by atoms with van der Waals surface area (Å²) in [5.41, 5.74) is 5.32. The second-order valence-electron chi connectivity index (χ2n) is 2.16. The summed E-state index contributed by atoms with van der Waals surface area (Å²) in [4.78, 5) is 9.34. The van der Waals surface area contributed by atoms with Gasteiger partial charge in [-0.05, 0) is 5.19 Å². The summed E-state index contributed by atoms with van der Waals surface area (Å²) >= 11 is 0. The van der Waals surface area contributed by atoms with E-state index in [2.05, 4.69) is 0 Å². The quantitative estimate of drug-likeness (QED) is 0.437. The van der Waals surface area contributed by atoms with Gasteiger partial charge in [-0.3, -0.25) is 0 Å². The molecule has 0 amide bonds. The largest absolute Gasteiger partial charge is 1.00 e. The first-order valence-corrected chi connectivity index (χ1v) is 5.18. The number of nitrogens with two attached hydrogens (primary N) is 1. The van der Waals surface area contributed by atoms with Crippen molar-refractivity contribution < 1.29 is 25.1 Å². The predicted molar refractivity (Wildman–Crippen MR) is 45.6 cm³/mol. The molecule has 11 heavy (non-hydrogen) atoms. The number of hydrogen-bond donors (Lipinski definition) is 2. The first-order chi connectivity index (χ1) is 4.84. The van der Waals surface area contributed by atoms with Gasteiger partial charge in [0.25, 0.3) is 0 Å². The Morgan fingerprint density at radius 3 is 2.36 bits per heavy atom. The molecule has 56 valence electrons. The van der Waals surface area contributed by atoms with Gasteiger partial charge < -0.3 is 12.0 Å². The Labute approximate surface area is 81.8 Å². The van der Waals surface area contributed by atoms with Crippen molar-refractivity contribution in [2.24, 2.45) is 5.73 Å². The minimum atomic E-state index is -1.76. The molecule has 0 aliphatic carbocycles. The molecule has 0 heterocycles. The van der Waals surface area contributed by atoms with Crippen LogP contribution in [0.1, 0.15) is 1.43 Å². The summed E-state index contributed by atoms with van der Waals surface area (Å²) in [5.74, 6) is 0. The minimum Gasteiger partial charge on any atom is -1.00 e. The molecule has 0 radical (unpaired) electrons. The zero-order valence-corrected chi connectivity index (χ0v) is 7.85. The van der Waals surface area contributed by atoms with Gasteiger partial charge in [-0.25, -0.2) is 0 Å². The van der Waals surface area contributed by atoms with Crippen LogP contribution in [0, 0.1) is 0 Å². The Hall–Kier alpha value is -0.0457. The topological polar surface area (TPSA) is 46.2 Å². The molecule has 3 N–H and O–H groups in total. The van der Waals surface area contributed by atoms with Gasteiger partial charge >= 0.3 is 18.9 Å². The molecule has 1 rings (SSSR count). The molecule has 2 nitrogen and oxygen atoms in total. The van der Waals surface area contributed by atoms with E-state index in [0.717, 1.165) is 5.19 Å². The molecule has 1 atom stereocenters. The van der Waals surface area contributed by atoms with Gasteiger partial charge in [-0.2, -0.15) is 0 Å². The van der Waals surface area contributed by atoms with Crippen LogP contribution in [0.4, 0.5) is 0 Å². The maximum atomic E-state index is 9.34. The second-order valence-corrected chi connectivity index (χ2v) is 4.33. The Morgan fingerprint density at radius 1 is 1.36 bits per heavy atom. The molecule has 0 spiro atoms. The predicted octanol–water partition coefficient (Wildman–Crippen LogP) is -3.78. The van der Waals surface area contributed by atoms with Crippen LogP contribution in [0.2, 0.25) is 0 Å². The summed E-state index contributed by atoms with van der Waals surface area (Å²) in [6.45, 7) is 0. The number of benzene rings is 1. The Morgan fingerprint density at radius 2 is 1.91 bits per heavy atom. The summed E-state index contributed by atoms with van der Waals surface area (Å²) in [6.07, 6.45) is 0.421. The van der Waals surface area contributed by atoms with Gasteiger partial charge in [-0.1, -0.05) is 30.3 Å². The molecule has 4 heteroatoms. The third-order valence-electron chi connectivity index (χ3n) is 1.41. The van der Waals surface area contributed by atoms with Gasteiger partial charge in [0.05, 0.1) is 0 Å². The molecule has 0 bridgehead atoms. The van der Waals surface area contributed by atoms with Crippen LogP contribution in [-0.4, -0.2) is 20.0 Å². The molecule has 0 aliphatic rings. The van der Waals surface area contributed by atoms with E-state index in [-0.39, 0.29) is 20.3 Å². The number of rotatable bonds is 2. The monoisotopic (exact) mass is 161 g/mol. The van der Waals surface area contributed by atoms with Crippen LogP contribution in [0.5, 0.6) is 0 Å². The van der Waals surface area contributed by atoms with Gasteiger partial charge in [0, 0.05) is 6.17 Å². The van der Waals surface area contributed by atoms with Crippen LogP contribution in [0.25, 0.3) is 0 Å². The van der Waals surface area contributed by atoms with Crippen molar-refractivity contribution in [1.29, 1.82) is 0 Å². The minimum absolute atomic E-state index is 0. The fourth-order valence-electron chi connectivity index (χ4n) is 0.811. The third kappa shape index (κ3) is 3.23. The maximum Gasteiger partial charge on any atom is 1.00 e. The van der Waals surface area contributed by atoms with Crippen LogP contribution < -0.4 is 29.8 Å². The van der Waals surface area contributed by atoms with Gasteiger partial charge in [-0.15, -0.1) is 0 Å². The first kappa shape index (κ1) is 11.0. The van der Waals surface area contributed by atoms with E-state index >= 15 is 0 Å². The molecule has 0 aliphatic heterocycles. The molecule has 0 saturated carbocycles. The molecule has 1 aromatic carbocycles. The van der Waals surface area contributed by atoms with E-state index < -0.39 is 9.04 Å². The summed E-state index contributed by atoms with van der Waals surface area (Å²) in [7, 11) is -1.76. The van der Waals surface area contributed by atoms with Crippen LogP contribution in [0.3, 0.4) is 0 Å². The van der Waals surface area contributed by atoms with Crippen molar-refractivity contribution in [3.63, 3.8) is 0 Å². The molecule has 0 aromatic heterocycles. The van der Waals surface area contributed by atoms with Gasteiger partial charge in [0.1, 0.15) is 0 Å². The van der Waals surface area contributed by atoms with Crippen molar-refractivity contribution in [3.8, 4) is 0 Å². The van der Waals surface area contributed by atoms with Crippen LogP contribution in [-0.2, 0) is 0 Å². The fraction of sp³-hybridized carbons (Fsp3) is 0.143. The Balaban J connectivity index is 0. The van der Waals surface area contributed by atoms with Crippen molar-refractivity contribution in [2.75, 3.05) is 6.17 Å². The maximum absolute atomic E-state index is 9.34. The van der Waals surface area contributed by atoms with E-state index in [1.807, 2.05) is 30.3 Å². The van der Waals surface area contributed by atoms with Gasteiger partial charge in [0.2, 0.25) is 9.04 Å². The van der Waals surface area contributed by atoms with Crippen molar-refractivity contribution in [3.05, 3.63) is 30.3 Å². The van der Waals surface area contributed by atoms with E-state index in [0.29, 0.717) is 6.17 Å². The second kappa shape index (κ2) is 5.59. The van der Waals surface area contributed by atoms with Crippen molar-refractivity contribution in [1.82, 2.24) is 0 Å². The zero-order chi connectivity index (χ0) is 7.40. The van der Waals surface area contributed by atoms with E-state index in [1.165, 1.54) is 0 Å². The van der Waals surface area contributed by atoms with Crippen molar-refractivity contribution >= 4 is 14.2 Å². The molecule has 1 unspecified atom stereocenters. The Kier molecular flexibility index (Phi) is 5.56. The fourth-order valence-corrected chi connectivity index (χ4v) is 1.75. The summed E-state index contributed by atoms with van der Waals surface area (Å²) < 4.78 is 0. The number of hydrogen-bond acceptors (Lipinski definition) is 2. The SMILES string of the molecule is NC[SiH](O)c1ccccc1.[H-].[Li+]. The van der Waals surface area contributed by atoms with Crippen LogP contribution in [0.15, 0.2) is 30.3 Å². The van der Waals surface area contributed by atoms with Crippen LogP contribution >= 0.6 is 0 Å². The van der Waals surface area contributed by atoms with Gasteiger partial charge in [0.15, 0.2) is 0 Å². The smallest absolute Gasteiger partial charge is 1.00 e. The van der Waals surface area contributed by atoms with E-state index in [4.69, 9.17) is 5.73 Å². The first-order valence-electron chi connectivity index (χ1n) is 3.27. The standard InChI is InChI=1S/C7H11NOSi.Li.H/c8-6-10(9)7-4-2-1-3-5-7;;/h1-5,9-10H,6,8H2;;/q;+1;-1. The average Bonchev–Trinajstić information content (AvgIpc) is 2.05. The normalized spacial score (nSPS) is 11.8. The van der Waals surface area contributed by atoms with E-state index in [9.17, 15) is 4.80 Å². The Bertz CT molecular complexity index is 200. The van der Waals surface area contributed by atoms with Crippen molar-refractivity contribution in [2.45, 2.75) is 0 Å². The average molecular weight is 161 g/mol. The zero-order valence-electron chi connectivity index (χ0n) is 7.70.